The summed E-state index contributed by atoms with van der Waals surface area (Å²) >= 11 is 0. The molecule has 2 amide bonds. The molecule has 1 aliphatic heterocycles. The van der Waals surface area contributed by atoms with Crippen molar-refractivity contribution in [3.63, 3.8) is 0 Å². The number of hydrogen-bond acceptors (Lipinski definition) is 9. The number of alkyl halides is 1. The number of fused-ring (bicyclic) bond motifs is 3. The first kappa shape index (κ1) is 18.3. The summed E-state index contributed by atoms with van der Waals surface area (Å²) in [4.78, 5) is 31.4. The maximum absolute atomic E-state index is 13.3. The fourth-order valence-electron chi connectivity index (χ4n) is 4.05. The van der Waals surface area contributed by atoms with E-state index in [1.807, 2.05) is 31.2 Å². The molecule has 0 spiro atoms. The molecule has 3 atom stereocenters. The van der Waals surface area contributed by atoms with Crippen molar-refractivity contribution in [2.24, 2.45) is 13.0 Å². The van der Waals surface area contributed by atoms with Gasteiger partial charge in [0.2, 0.25) is 5.91 Å². The van der Waals surface area contributed by atoms with E-state index in [4.69, 9.17) is 4.11 Å². The molecule has 1 saturated carbocycles. The molecule has 0 radical (unpaired) electrons. The average Bonchev–Trinajstić information content (AvgIpc) is 3.43. The van der Waals surface area contributed by atoms with E-state index in [9.17, 15) is 14.0 Å². The van der Waals surface area contributed by atoms with Gasteiger partial charge >= 0.3 is 0 Å². The molecule has 4 heterocycles. The van der Waals surface area contributed by atoms with Crippen molar-refractivity contribution in [1.82, 2.24) is 35.5 Å². The highest BCUT2D eigenvalue weighted by molar-refractivity contribution is 6.00. The Bertz CT molecular complexity index is 1410. The molecule has 0 bridgehead atoms. The van der Waals surface area contributed by atoms with Crippen molar-refractivity contribution in [2.75, 3.05) is 29.6 Å². The second kappa shape index (κ2) is 8.01. The smallest absolute Gasteiger partial charge is 0.273 e. The van der Waals surface area contributed by atoms with Gasteiger partial charge in [0.25, 0.3) is 5.91 Å². The van der Waals surface area contributed by atoms with E-state index >= 15 is 0 Å². The van der Waals surface area contributed by atoms with Crippen LogP contribution in [0.15, 0.2) is 18.3 Å². The van der Waals surface area contributed by atoms with Crippen LogP contribution in [-0.4, -0.2) is 62.2 Å². The third-order valence-corrected chi connectivity index (χ3v) is 6.06. The monoisotopic (exact) mass is 469 g/mol. The minimum absolute atomic E-state index is 0.0338. The minimum Gasteiger partial charge on any atom is -0.363 e. The third-order valence-electron chi connectivity index (χ3n) is 6.06. The van der Waals surface area contributed by atoms with Gasteiger partial charge in [0.1, 0.15) is 11.9 Å². The molecule has 13 heteroatoms. The van der Waals surface area contributed by atoms with E-state index < -0.39 is 30.9 Å². The molecule has 1 fully saturated rings. The van der Waals surface area contributed by atoms with Crippen LogP contribution in [0.5, 0.6) is 0 Å². The van der Waals surface area contributed by atoms with E-state index in [-0.39, 0.29) is 29.7 Å². The molecule has 0 unspecified atom stereocenters. The number of nitrogens with zero attached hydrogens (tertiary/aromatic N) is 7. The van der Waals surface area contributed by atoms with Gasteiger partial charge in [-0.1, -0.05) is 5.21 Å². The van der Waals surface area contributed by atoms with Crippen LogP contribution in [0.2, 0.25) is 0 Å². The number of hydrogen-bond donors (Lipinski definition) is 3. The molecule has 3 N–H and O–H groups in total. The van der Waals surface area contributed by atoms with Gasteiger partial charge in [-0.25, -0.2) is 14.1 Å². The fourth-order valence-corrected chi connectivity index (χ4v) is 4.05. The second-order valence-corrected chi connectivity index (χ2v) is 8.21. The number of halogens is 1. The Morgan fingerprint density at radius 3 is 2.79 bits per heavy atom. The van der Waals surface area contributed by atoms with Crippen molar-refractivity contribution in [3.05, 3.63) is 29.7 Å². The molecule has 0 saturated heterocycles. The maximum atomic E-state index is 13.3. The molecule has 0 aromatic carbocycles. The largest absolute Gasteiger partial charge is 0.363 e. The van der Waals surface area contributed by atoms with E-state index in [0.29, 0.717) is 17.2 Å². The molecule has 176 valence electrons. The lowest BCUT2D eigenvalue weighted by molar-refractivity contribution is -0.117. The first-order valence-electron chi connectivity index (χ1n) is 12.0. The Hall–Kier alpha value is -4.16. The van der Waals surface area contributed by atoms with E-state index in [1.165, 1.54) is 6.07 Å². The lowest BCUT2D eigenvalue weighted by atomic mass is 9.98. The number of nitrogens with one attached hydrogen (secondary N) is 3. The van der Waals surface area contributed by atoms with E-state index in [0.717, 1.165) is 11.3 Å². The van der Waals surface area contributed by atoms with Crippen LogP contribution in [0.3, 0.4) is 0 Å². The predicted molar refractivity (Wildman–Crippen MR) is 121 cm³/mol. The van der Waals surface area contributed by atoms with Gasteiger partial charge < -0.3 is 20.9 Å². The zero-order chi connectivity index (χ0) is 26.6. The predicted octanol–water partition coefficient (Wildman–Crippen LogP) is 1.58. The second-order valence-electron chi connectivity index (χ2n) is 8.21. The fraction of sp³-hybridized carbons (Fsp3) is 0.381. The van der Waals surface area contributed by atoms with Gasteiger partial charge in [0.05, 0.1) is 29.0 Å². The van der Waals surface area contributed by atoms with Crippen molar-refractivity contribution in [1.29, 1.82) is 0 Å². The maximum Gasteiger partial charge on any atom is 0.273 e. The van der Waals surface area contributed by atoms with Crippen molar-refractivity contribution < 1.29 is 18.1 Å². The topological polar surface area (TPSA) is 143 Å². The molecular weight excluding hydrogens is 443 g/mol. The molecule has 3 aromatic heterocycles. The van der Waals surface area contributed by atoms with Crippen LogP contribution < -0.4 is 20.9 Å². The van der Waals surface area contributed by atoms with Gasteiger partial charge in [-0.3, -0.25) is 9.59 Å². The number of pyridine rings is 1. The molecule has 2 aliphatic rings. The number of aryl methyl sites for hydroxylation is 1. The number of amides is 2. The summed E-state index contributed by atoms with van der Waals surface area (Å²) in [6.07, 6.45) is 0.467. The summed E-state index contributed by atoms with van der Waals surface area (Å²) in [5.41, 5.74) is 2.69. The van der Waals surface area contributed by atoms with E-state index in [2.05, 4.69) is 36.1 Å². The lowest BCUT2D eigenvalue weighted by Gasteiger charge is -2.34. The molecular formula is C21H23FN10O2. The average molecular weight is 469 g/mol. The number of carbonyl (C=O) groups excluding carboxylic acids is 2. The zero-order valence-electron chi connectivity index (χ0n) is 21.5. The molecule has 12 nitrogen and oxygen atoms in total. The van der Waals surface area contributed by atoms with Gasteiger partial charge in [0.15, 0.2) is 17.3 Å². The summed E-state index contributed by atoms with van der Waals surface area (Å²) in [6, 6.07) is 2.98. The first-order valence-corrected chi connectivity index (χ1v) is 10.5. The lowest BCUT2D eigenvalue weighted by Crippen LogP contribution is -2.29. The van der Waals surface area contributed by atoms with Crippen molar-refractivity contribution >= 4 is 34.8 Å². The highest BCUT2D eigenvalue weighted by Gasteiger charge is 2.44. The molecule has 3 aromatic rings. The van der Waals surface area contributed by atoms with Crippen LogP contribution in [-0.2, 0) is 11.8 Å². The quantitative estimate of drug-likeness (QED) is 0.507. The summed E-state index contributed by atoms with van der Waals surface area (Å²) in [6.45, 7) is -0.790. The van der Waals surface area contributed by atoms with Crippen molar-refractivity contribution in [3.8, 4) is 11.3 Å². The van der Waals surface area contributed by atoms with Crippen molar-refractivity contribution in [2.45, 2.75) is 25.6 Å². The van der Waals surface area contributed by atoms with Gasteiger partial charge in [-0.15, -0.1) is 15.3 Å². The first-order chi connectivity index (χ1) is 17.4. The van der Waals surface area contributed by atoms with Crippen LogP contribution in [0, 0.1) is 5.92 Å². The third kappa shape index (κ3) is 3.49. The normalized spacial score (nSPS) is 21.9. The van der Waals surface area contributed by atoms with Gasteiger partial charge in [-0.2, -0.15) is 0 Å². The van der Waals surface area contributed by atoms with Crippen LogP contribution in [0.4, 0.5) is 27.4 Å². The Kier molecular flexibility index (Phi) is 4.31. The highest BCUT2D eigenvalue weighted by atomic mass is 19.1. The highest BCUT2D eigenvalue weighted by Crippen LogP contribution is 2.46. The number of aromatic nitrogens is 6. The SMILES string of the molecule is [2H]C([2H])([2H])NC(=O)c1nnc(NC(=O)[C@H]2C[C@@H]2F)cc1Nc1nccc2c1N(C)[C@H](C)c1c-2nnn1C. The summed E-state index contributed by atoms with van der Waals surface area (Å²) < 4.78 is 37.1. The van der Waals surface area contributed by atoms with E-state index in [1.54, 1.807) is 16.9 Å². The summed E-state index contributed by atoms with van der Waals surface area (Å²) in [5, 5.41) is 23.5. The minimum atomic E-state index is -2.77. The summed E-state index contributed by atoms with van der Waals surface area (Å²) in [7, 11) is 3.68. The Labute approximate surface area is 198 Å². The van der Waals surface area contributed by atoms with Gasteiger partial charge in [0, 0.05) is 43.0 Å². The van der Waals surface area contributed by atoms with Crippen LogP contribution >= 0.6 is 0 Å². The Morgan fingerprint density at radius 1 is 1.26 bits per heavy atom. The zero-order valence-corrected chi connectivity index (χ0v) is 18.5. The van der Waals surface area contributed by atoms with Crippen LogP contribution in [0.1, 0.15) is 39.7 Å². The molecule has 34 heavy (non-hydrogen) atoms. The standard InChI is InChI=1S/C21H23FN10O2/c1-9-17-15(29-30-32(17)4)10-5-6-24-19(18(10)31(9)3)25-13-8-14(26-20(33)11-7-12(11)22)27-28-16(13)21(34)23-2/h5-6,8-9,11-12H,7H2,1-4H3,(H,23,34)(H2,24,25,26,27,33)/t9-,11+,12+/m1/s1/i2D3. The number of carbonyl (C=O) groups is 2. The molecule has 5 rings (SSSR count). The molecule has 1 aliphatic carbocycles. The Morgan fingerprint density at radius 2 is 2.06 bits per heavy atom. The number of anilines is 4. The van der Waals surface area contributed by atoms with Gasteiger partial charge in [-0.05, 0) is 19.4 Å². The Balaban J connectivity index is 1.55. The number of rotatable bonds is 5. The summed E-state index contributed by atoms with van der Waals surface area (Å²) in [5.74, 6) is -2.06. The van der Waals surface area contributed by atoms with Crippen LogP contribution in [0.25, 0.3) is 11.3 Å².